The van der Waals surface area contributed by atoms with Crippen molar-refractivity contribution in [3.05, 3.63) is 70.9 Å². The van der Waals surface area contributed by atoms with E-state index in [0.717, 1.165) is 5.39 Å². The quantitative estimate of drug-likeness (QED) is 0.714. The van der Waals surface area contributed by atoms with Crippen molar-refractivity contribution < 1.29 is 14.0 Å². The summed E-state index contributed by atoms with van der Waals surface area (Å²) in [7, 11) is 0. The van der Waals surface area contributed by atoms with Gasteiger partial charge in [-0.2, -0.15) is 0 Å². The summed E-state index contributed by atoms with van der Waals surface area (Å²) >= 11 is 5.81. The summed E-state index contributed by atoms with van der Waals surface area (Å²) in [5.74, 6) is -0.883. The Bertz CT molecular complexity index is 824. The molecule has 0 aliphatic heterocycles. The lowest BCUT2D eigenvalue weighted by molar-refractivity contribution is 0.0832. The molecule has 0 saturated carbocycles. The lowest BCUT2D eigenvalue weighted by atomic mass is 10.2. The Labute approximate surface area is 130 Å². The largest absolute Gasteiger partial charge is 0.451 e. The number of rotatable bonds is 2. The summed E-state index contributed by atoms with van der Waals surface area (Å²) < 4.78 is 5.40. The smallest absolute Gasteiger partial charge is 0.305 e. The molecule has 1 aromatic heterocycles. The predicted molar refractivity (Wildman–Crippen MR) is 82.6 cm³/mol. The van der Waals surface area contributed by atoms with E-state index >= 15 is 0 Å². The Kier molecular flexibility index (Phi) is 3.80. The minimum Gasteiger partial charge on any atom is -0.451 e. The van der Waals surface area contributed by atoms with Crippen LogP contribution < -0.4 is 10.9 Å². The molecule has 6 heteroatoms. The molecule has 2 aromatic carbocycles. The number of carbonyl (C=O) groups excluding carboxylic acids is 2. The van der Waals surface area contributed by atoms with Crippen LogP contribution in [0.1, 0.15) is 20.9 Å². The summed E-state index contributed by atoms with van der Waals surface area (Å²) in [6.45, 7) is 0. The molecule has 0 aliphatic carbocycles. The highest BCUT2D eigenvalue weighted by Gasteiger charge is 2.13. The number of hydrogen-bond acceptors (Lipinski definition) is 3. The van der Waals surface area contributed by atoms with Crippen LogP contribution in [-0.4, -0.2) is 11.8 Å². The molecular formula is C16H11ClN2O3. The molecule has 0 unspecified atom stereocenters. The summed E-state index contributed by atoms with van der Waals surface area (Å²) in [6, 6.07) is 15.3. The van der Waals surface area contributed by atoms with E-state index in [0.29, 0.717) is 16.2 Å². The second-order valence-electron chi connectivity index (χ2n) is 4.57. The number of halogens is 1. The van der Waals surface area contributed by atoms with E-state index in [2.05, 4.69) is 10.9 Å². The topological polar surface area (TPSA) is 71.3 Å². The van der Waals surface area contributed by atoms with Gasteiger partial charge in [-0.05, 0) is 30.3 Å². The number of furan rings is 1. The molecular weight excluding hydrogens is 304 g/mol. The first-order valence-corrected chi connectivity index (χ1v) is 6.86. The van der Waals surface area contributed by atoms with Gasteiger partial charge in [0.05, 0.1) is 0 Å². The Morgan fingerprint density at radius 1 is 0.909 bits per heavy atom. The fraction of sp³-hybridized carbons (Fsp3) is 0. The van der Waals surface area contributed by atoms with Gasteiger partial charge in [-0.3, -0.25) is 20.4 Å². The third kappa shape index (κ3) is 2.94. The monoisotopic (exact) mass is 314 g/mol. The Balaban J connectivity index is 1.68. The molecule has 5 nitrogen and oxygen atoms in total. The summed E-state index contributed by atoms with van der Waals surface area (Å²) in [4.78, 5) is 23.9. The summed E-state index contributed by atoms with van der Waals surface area (Å²) in [6.07, 6.45) is 0. The maximum Gasteiger partial charge on any atom is 0.305 e. The molecule has 2 N–H and O–H groups in total. The first-order chi connectivity index (χ1) is 10.6. The van der Waals surface area contributed by atoms with Gasteiger partial charge >= 0.3 is 5.91 Å². The van der Waals surface area contributed by atoms with E-state index in [1.807, 2.05) is 18.2 Å². The van der Waals surface area contributed by atoms with Gasteiger partial charge in [0.25, 0.3) is 5.91 Å². The number of para-hydroxylation sites is 1. The van der Waals surface area contributed by atoms with Crippen LogP contribution in [0.25, 0.3) is 11.0 Å². The van der Waals surface area contributed by atoms with Crippen molar-refractivity contribution >= 4 is 34.4 Å². The first-order valence-electron chi connectivity index (χ1n) is 6.48. The van der Waals surface area contributed by atoms with Crippen molar-refractivity contribution in [2.75, 3.05) is 0 Å². The van der Waals surface area contributed by atoms with Crippen LogP contribution >= 0.6 is 11.6 Å². The van der Waals surface area contributed by atoms with Crippen LogP contribution in [0.2, 0.25) is 5.02 Å². The van der Waals surface area contributed by atoms with Crippen molar-refractivity contribution in [3.63, 3.8) is 0 Å². The highest BCUT2D eigenvalue weighted by atomic mass is 35.5. The molecule has 3 rings (SSSR count). The molecule has 0 fully saturated rings. The molecule has 110 valence electrons. The molecule has 0 radical (unpaired) electrons. The van der Waals surface area contributed by atoms with Crippen molar-refractivity contribution in [1.29, 1.82) is 0 Å². The predicted octanol–water partition coefficient (Wildman–Crippen LogP) is 3.16. The van der Waals surface area contributed by atoms with Crippen LogP contribution in [0.3, 0.4) is 0 Å². The molecule has 0 saturated heterocycles. The van der Waals surface area contributed by atoms with Crippen LogP contribution in [0.4, 0.5) is 0 Å². The number of nitrogens with one attached hydrogen (secondary N) is 2. The second kappa shape index (κ2) is 5.91. The zero-order valence-electron chi connectivity index (χ0n) is 11.3. The molecule has 22 heavy (non-hydrogen) atoms. The summed E-state index contributed by atoms with van der Waals surface area (Å²) in [5, 5.41) is 1.25. The van der Waals surface area contributed by atoms with Gasteiger partial charge in [0.1, 0.15) is 5.58 Å². The third-order valence-corrected chi connectivity index (χ3v) is 3.26. The zero-order chi connectivity index (χ0) is 15.5. The number of carbonyl (C=O) groups is 2. The maximum absolute atomic E-state index is 12.0. The Morgan fingerprint density at radius 2 is 1.68 bits per heavy atom. The second-order valence-corrected chi connectivity index (χ2v) is 5.00. The van der Waals surface area contributed by atoms with Gasteiger partial charge in [-0.1, -0.05) is 35.9 Å². The molecule has 3 aromatic rings. The highest BCUT2D eigenvalue weighted by molar-refractivity contribution is 6.30. The van der Waals surface area contributed by atoms with Gasteiger partial charge in [-0.15, -0.1) is 0 Å². The standard InChI is InChI=1S/C16H11ClN2O3/c17-12-6-3-5-11(8-12)15(20)18-19-16(21)14-9-10-4-1-2-7-13(10)22-14/h1-9H,(H,18,20)(H,19,21). The molecule has 0 spiro atoms. The third-order valence-electron chi connectivity index (χ3n) is 3.03. The van der Waals surface area contributed by atoms with E-state index < -0.39 is 11.8 Å². The fourth-order valence-corrected chi connectivity index (χ4v) is 2.16. The lowest BCUT2D eigenvalue weighted by Crippen LogP contribution is -2.41. The van der Waals surface area contributed by atoms with E-state index in [1.54, 1.807) is 30.3 Å². The van der Waals surface area contributed by atoms with Crippen LogP contribution in [0, 0.1) is 0 Å². The fourth-order valence-electron chi connectivity index (χ4n) is 1.97. The van der Waals surface area contributed by atoms with Crippen LogP contribution in [-0.2, 0) is 0 Å². The van der Waals surface area contributed by atoms with Crippen molar-refractivity contribution in [2.24, 2.45) is 0 Å². The number of fused-ring (bicyclic) bond motifs is 1. The molecule has 0 atom stereocenters. The van der Waals surface area contributed by atoms with Gasteiger partial charge < -0.3 is 4.42 Å². The SMILES string of the molecule is O=C(NNC(=O)c1cc2ccccc2o1)c1cccc(Cl)c1. The van der Waals surface area contributed by atoms with Crippen molar-refractivity contribution in [1.82, 2.24) is 10.9 Å². The lowest BCUT2D eigenvalue weighted by Gasteiger charge is -2.05. The van der Waals surface area contributed by atoms with E-state index in [9.17, 15) is 9.59 Å². The maximum atomic E-state index is 12.0. The molecule has 1 heterocycles. The number of amides is 2. The molecule has 2 amide bonds. The average Bonchev–Trinajstić information content (AvgIpc) is 2.96. The van der Waals surface area contributed by atoms with Crippen molar-refractivity contribution in [3.8, 4) is 0 Å². The van der Waals surface area contributed by atoms with Gasteiger partial charge in [0, 0.05) is 16.0 Å². The van der Waals surface area contributed by atoms with E-state index in [1.165, 1.54) is 6.07 Å². The minimum absolute atomic E-state index is 0.118. The first kappa shape index (κ1) is 14.2. The van der Waals surface area contributed by atoms with Crippen LogP contribution in [0.15, 0.2) is 59.0 Å². The highest BCUT2D eigenvalue weighted by Crippen LogP contribution is 2.18. The zero-order valence-corrected chi connectivity index (χ0v) is 12.1. The normalized spacial score (nSPS) is 10.4. The van der Waals surface area contributed by atoms with Crippen molar-refractivity contribution in [2.45, 2.75) is 0 Å². The van der Waals surface area contributed by atoms with Gasteiger partial charge in [0.2, 0.25) is 0 Å². The number of benzene rings is 2. The van der Waals surface area contributed by atoms with E-state index in [-0.39, 0.29) is 5.76 Å². The number of hydrogen-bond donors (Lipinski definition) is 2. The Hall–Kier alpha value is -2.79. The molecule has 0 bridgehead atoms. The Morgan fingerprint density at radius 3 is 2.45 bits per heavy atom. The number of hydrazine groups is 1. The van der Waals surface area contributed by atoms with E-state index in [4.69, 9.17) is 16.0 Å². The summed E-state index contributed by atoms with van der Waals surface area (Å²) in [5.41, 5.74) is 5.56. The molecule has 0 aliphatic rings. The minimum atomic E-state index is -0.536. The van der Waals surface area contributed by atoms with Gasteiger partial charge in [-0.25, -0.2) is 0 Å². The average molecular weight is 315 g/mol. The van der Waals surface area contributed by atoms with Gasteiger partial charge in [0.15, 0.2) is 5.76 Å². The van der Waals surface area contributed by atoms with Crippen LogP contribution in [0.5, 0.6) is 0 Å².